The average Bonchev–Trinajstić information content (AvgIpc) is 2.42. The molecular formula is C14H29NO4. The van der Waals surface area contributed by atoms with Crippen LogP contribution in [0.4, 0.5) is 0 Å². The quantitative estimate of drug-likeness (QED) is 0.632. The fraction of sp³-hybridized carbons (Fsp3) is 0.857. The van der Waals surface area contributed by atoms with Crippen molar-refractivity contribution >= 4 is 11.9 Å². The van der Waals surface area contributed by atoms with Crippen molar-refractivity contribution in [1.82, 2.24) is 5.48 Å². The summed E-state index contributed by atoms with van der Waals surface area (Å²) in [4.78, 5) is 25.0. The molecule has 0 bridgehead atoms. The first-order valence-corrected chi connectivity index (χ1v) is 7.15. The summed E-state index contributed by atoms with van der Waals surface area (Å²) in [6.45, 7) is 8.53. The second-order valence-electron chi connectivity index (χ2n) is 4.34. The summed E-state index contributed by atoms with van der Waals surface area (Å²) >= 11 is 0. The number of carbonyl (C=O) groups excluding carboxylic acids is 1. The molecule has 114 valence electrons. The van der Waals surface area contributed by atoms with E-state index in [-0.39, 0.29) is 12.4 Å². The van der Waals surface area contributed by atoms with E-state index in [1.165, 1.54) is 19.3 Å². The zero-order valence-electron chi connectivity index (χ0n) is 12.7. The highest BCUT2D eigenvalue weighted by molar-refractivity contribution is 5.68. The van der Waals surface area contributed by atoms with Crippen molar-refractivity contribution < 1.29 is 19.5 Å². The molecule has 0 aliphatic carbocycles. The first-order valence-electron chi connectivity index (χ1n) is 7.15. The maximum Gasteiger partial charge on any atom is 0.324 e. The topological polar surface area (TPSA) is 75.6 Å². The fourth-order valence-corrected chi connectivity index (χ4v) is 1.26. The predicted octanol–water partition coefficient (Wildman–Crippen LogP) is 3.14. The molecular weight excluding hydrogens is 246 g/mol. The molecule has 0 aromatic carbocycles. The number of carboxylic acid groups (broad SMARTS) is 1. The van der Waals surface area contributed by atoms with Gasteiger partial charge in [0, 0.05) is 19.4 Å². The van der Waals surface area contributed by atoms with Crippen LogP contribution in [-0.4, -0.2) is 23.6 Å². The van der Waals surface area contributed by atoms with Crippen molar-refractivity contribution in [3.05, 3.63) is 0 Å². The van der Waals surface area contributed by atoms with E-state index in [0.29, 0.717) is 12.3 Å². The monoisotopic (exact) mass is 275 g/mol. The van der Waals surface area contributed by atoms with Gasteiger partial charge in [-0.05, 0) is 12.3 Å². The number of aliphatic carboxylic acids is 1. The van der Waals surface area contributed by atoms with Crippen molar-refractivity contribution in [3.63, 3.8) is 0 Å². The van der Waals surface area contributed by atoms with Gasteiger partial charge in [-0.3, -0.25) is 9.59 Å². The van der Waals surface area contributed by atoms with Crippen LogP contribution in [0.5, 0.6) is 0 Å². The summed E-state index contributed by atoms with van der Waals surface area (Å²) in [7, 11) is 0. The van der Waals surface area contributed by atoms with Crippen LogP contribution in [0.25, 0.3) is 0 Å². The number of carbonyl (C=O) groups is 2. The molecule has 5 heteroatoms. The summed E-state index contributed by atoms with van der Waals surface area (Å²) in [5.41, 5.74) is 2.75. The average molecular weight is 275 g/mol. The van der Waals surface area contributed by atoms with Crippen LogP contribution in [0.3, 0.4) is 0 Å². The normalized spacial score (nSPS) is 11.2. The Morgan fingerprint density at radius 1 is 1.16 bits per heavy atom. The van der Waals surface area contributed by atoms with Gasteiger partial charge in [-0.15, -0.1) is 0 Å². The molecule has 2 N–H and O–H groups in total. The Morgan fingerprint density at radius 2 is 1.74 bits per heavy atom. The minimum atomic E-state index is -0.745. The number of hydrogen-bond acceptors (Lipinski definition) is 4. The van der Waals surface area contributed by atoms with E-state index in [1.54, 1.807) is 13.8 Å². The van der Waals surface area contributed by atoms with E-state index in [1.807, 2.05) is 0 Å². The van der Waals surface area contributed by atoms with Crippen molar-refractivity contribution in [2.75, 3.05) is 6.54 Å². The van der Waals surface area contributed by atoms with Crippen molar-refractivity contribution in [2.45, 2.75) is 66.2 Å². The van der Waals surface area contributed by atoms with Gasteiger partial charge >= 0.3 is 11.9 Å². The number of unbranched alkanes of at least 4 members (excludes halogenated alkanes) is 1. The van der Waals surface area contributed by atoms with Crippen molar-refractivity contribution in [2.24, 2.45) is 5.92 Å². The highest BCUT2D eigenvalue weighted by Gasteiger charge is 2.06. The number of hydroxylamine groups is 1. The number of rotatable bonds is 9. The Balaban J connectivity index is 0. The molecule has 0 spiro atoms. The smallest absolute Gasteiger partial charge is 0.324 e. The van der Waals surface area contributed by atoms with Gasteiger partial charge in [0.25, 0.3) is 0 Å². The zero-order valence-corrected chi connectivity index (χ0v) is 12.7. The fourth-order valence-electron chi connectivity index (χ4n) is 1.26. The molecule has 0 saturated carbocycles. The summed E-state index contributed by atoms with van der Waals surface area (Å²) in [5.74, 6) is -0.306. The summed E-state index contributed by atoms with van der Waals surface area (Å²) in [6.07, 6.45) is 5.48. The van der Waals surface area contributed by atoms with E-state index in [2.05, 4.69) is 19.3 Å². The Bertz CT molecular complexity index is 231. The molecule has 0 aromatic rings. The van der Waals surface area contributed by atoms with Gasteiger partial charge < -0.3 is 9.94 Å². The summed E-state index contributed by atoms with van der Waals surface area (Å²) in [6, 6.07) is 0. The zero-order chi connectivity index (χ0) is 15.1. The third-order valence-electron chi connectivity index (χ3n) is 2.69. The van der Waals surface area contributed by atoms with Crippen LogP contribution in [-0.2, 0) is 14.4 Å². The highest BCUT2D eigenvalue weighted by atomic mass is 16.7. The van der Waals surface area contributed by atoms with E-state index >= 15 is 0 Å². The van der Waals surface area contributed by atoms with Crippen LogP contribution >= 0.6 is 0 Å². The molecule has 0 aliphatic rings. The van der Waals surface area contributed by atoms with Gasteiger partial charge in [0.05, 0.1) is 0 Å². The predicted molar refractivity (Wildman–Crippen MR) is 75.6 cm³/mol. The minimum Gasteiger partial charge on any atom is -0.481 e. The lowest BCUT2D eigenvalue weighted by Crippen LogP contribution is -2.25. The second-order valence-corrected chi connectivity index (χ2v) is 4.34. The van der Waals surface area contributed by atoms with Crippen LogP contribution in [0.15, 0.2) is 0 Å². The molecule has 0 heterocycles. The van der Waals surface area contributed by atoms with Gasteiger partial charge in [0.15, 0.2) is 0 Å². The third kappa shape index (κ3) is 16.9. The van der Waals surface area contributed by atoms with Gasteiger partial charge in [0.2, 0.25) is 0 Å². The minimum absolute atomic E-state index is 0.185. The van der Waals surface area contributed by atoms with E-state index < -0.39 is 5.97 Å². The largest absolute Gasteiger partial charge is 0.481 e. The molecule has 0 saturated heterocycles. The lowest BCUT2D eigenvalue weighted by molar-refractivity contribution is -0.151. The second kappa shape index (κ2) is 15.0. The van der Waals surface area contributed by atoms with Crippen LogP contribution in [0.2, 0.25) is 0 Å². The molecule has 5 nitrogen and oxygen atoms in total. The van der Waals surface area contributed by atoms with Gasteiger partial charge in [0.1, 0.15) is 0 Å². The van der Waals surface area contributed by atoms with Crippen molar-refractivity contribution in [1.29, 1.82) is 0 Å². The maximum atomic E-state index is 10.8. The molecule has 0 radical (unpaired) electrons. The first-order chi connectivity index (χ1) is 9.01. The van der Waals surface area contributed by atoms with Crippen molar-refractivity contribution in [3.8, 4) is 0 Å². The summed E-state index contributed by atoms with van der Waals surface area (Å²) < 4.78 is 0. The SMILES string of the molecule is CCC(=O)O.CCCCC(CC)CNOC(=O)CC. The number of nitrogens with one attached hydrogen (secondary N) is 1. The molecule has 0 aromatic heterocycles. The van der Waals surface area contributed by atoms with E-state index in [4.69, 9.17) is 9.94 Å². The molecule has 1 unspecified atom stereocenters. The Kier molecular flexibility index (Phi) is 15.9. The molecule has 19 heavy (non-hydrogen) atoms. The standard InChI is InChI=1S/C11H23NO2.C3H6O2/c1-4-7-8-10(5-2)9-12-14-11(13)6-3;1-2-3(4)5/h10,12H,4-9H2,1-3H3;2H2,1H3,(H,4,5). The molecule has 0 amide bonds. The Hall–Kier alpha value is -1.10. The molecule has 0 fully saturated rings. The van der Waals surface area contributed by atoms with E-state index in [9.17, 15) is 9.59 Å². The molecule has 1 atom stereocenters. The van der Waals surface area contributed by atoms with Gasteiger partial charge in [-0.1, -0.05) is 47.0 Å². The third-order valence-corrected chi connectivity index (χ3v) is 2.69. The van der Waals surface area contributed by atoms with Gasteiger partial charge in [-0.2, -0.15) is 5.48 Å². The van der Waals surface area contributed by atoms with Crippen LogP contribution in [0.1, 0.15) is 66.2 Å². The first kappa shape index (κ1) is 20.2. The van der Waals surface area contributed by atoms with Crippen LogP contribution in [0, 0.1) is 5.92 Å². The number of hydrogen-bond donors (Lipinski definition) is 2. The molecule has 0 aliphatic heterocycles. The maximum absolute atomic E-state index is 10.8. The lowest BCUT2D eigenvalue weighted by atomic mass is 10.00. The highest BCUT2D eigenvalue weighted by Crippen LogP contribution is 2.10. The Labute approximate surface area is 116 Å². The number of carboxylic acids is 1. The van der Waals surface area contributed by atoms with E-state index in [0.717, 1.165) is 13.0 Å². The molecule has 0 rings (SSSR count). The lowest BCUT2D eigenvalue weighted by Gasteiger charge is -2.14. The Morgan fingerprint density at radius 3 is 2.11 bits per heavy atom. The summed E-state index contributed by atoms with van der Waals surface area (Å²) in [5, 5.41) is 7.72. The van der Waals surface area contributed by atoms with Gasteiger partial charge in [-0.25, -0.2) is 0 Å². The van der Waals surface area contributed by atoms with Crippen LogP contribution < -0.4 is 5.48 Å².